The van der Waals surface area contributed by atoms with Crippen LogP contribution in [-0.4, -0.2) is 12.9 Å². The van der Waals surface area contributed by atoms with Crippen LogP contribution in [0.3, 0.4) is 0 Å². The van der Waals surface area contributed by atoms with Crippen molar-refractivity contribution in [3.8, 4) is 5.75 Å². The SMILES string of the molecule is CCOc1ccc2cccc(C=O)c2c1. The Morgan fingerprint density at radius 3 is 2.87 bits per heavy atom. The van der Waals surface area contributed by atoms with Gasteiger partial charge in [0.05, 0.1) is 6.61 Å². The van der Waals surface area contributed by atoms with Crippen LogP contribution in [0.2, 0.25) is 0 Å². The first-order chi connectivity index (χ1) is 7.35. The second-order valence-electron chi connectivity index (χ2n) is 3.28. The Kier molecular flexibility index (Phi) is 2.68. The number of carbonyl (C=O) groups excluding carboxylic acids is 1. The quantitative estimate of drug-likeness (QED) is 0.712. The monoisotopic (exact) mass is 200 g/mol. The molecule has 0 aliphatic heterocycles. The molecule has 0 heterocycles. The van der Waals surface area contributed by atoms with Gasteiger partial charge in [0.1, 0.15) is 5.75 Å². The molecule has 0 bridgehead atoms. The molecule has 0 N–H and O–H groups in total. The average Bonchev–Trinajstić information content (AvgIpc) is 2.28. The first-order valence-corrected chi connectivity index (χ1v) is 4.96. The third-order valence-electron chi connectivity index (χ3n) is 2.33. The van der Waals surface area contributed by atoms with E-state index in [1.54, 1.807) is 0 Å². The summed E-state index contributed by atoms with van der Waals surface area (Å²) < 4.78 is 5.40. The highest BCUT2D eigenvalue weighted by Crippen LogP contribution is 2.23. The number of fused-ring (bicyclic) bond motifs is 1. The molecule has 0 spiro atoms. The molecule has 0 amide bonds. The van der Waals surface area contributed by atoms with Gasteiger partial charge in [-0.15, -0.1) is 0 Å². The number of benzene rings is 2. The van der Waals surface area contributed by atoms with Crippen molar-refractivity contribution in [2.24, 2.45) is 0 Å². The molecule has 0 saturated heterocycles. The van der Waals surface area contributed by atoms with Crippen LogP contribution in [0.15, 0.2) is 36.4 Å². The van der Waals surface area contributed by atoms with Crippen molar-refractivity contribution in [1.82, 2.24) is 0 Å². The molecule has 2 rings (SSSR count). The normalized spacial score (nSPS) is 10.2. The third kappa shape index (κ3) is 1.84. The zero-order valence-corrected chi connectivity index (χ0v) is 8.57. The summed E-state index contributed by atoms with van der Waals surface area (Å²) in [4.78, 5) is 10.8. The molecule has 0 radical (unpaired) electrons. The molecule has 2 nitrogen and oxygen atoms in total. The summed E-state index contributed by atoms with van der Waals surface area (Å²) >= 11 is 0. The summed E-state index contributed by atoms with van der Waals surface area (Å²) in [5.41, 5.74) is 0.703. The molecule has 0 unspecified atom stereocenters. The topological polar surface area (TPSA) is 26.3 Å². The van der Waals surface area contributed by atoms with Crippen LogP contribution in [0.1, 0.15) is 17.3 Å². The van der Waals surface area contributed by atoms with Gasteiger partial charge in [-0.25, -0.2) is 0 Å². The number of ether oxygens (including phenoxy) is 1. The first kappa shape index (κ1) is 9.71. The minimum absolute atomic E-state index is 0.634. The van der Waals surface area contributed by atoms with E-state index in [0.717, 1.165) is 22.8 Å². The molecule has 0 aliphatic rings. The number of hydrogen-bond acceptors (Lipinski definition) is 2. The largest absolute Gasteiger partial charge is 0.494 e. The van der Waals surface area contributed by atoms with Gasteiger partial charge < -0.3 is 4.74 Å². The van der Waals surface area contributed by atoms with E-state index in [2.05, 4.69) is 0 Å². The fourth-order valence-corrected chi connectivity index (χ4v) is 1.64. The number of rotatable bonds is 3. The summed E-state index contributed by atoms with van der Waals surface area (Å²) in [6, 6.07) is 11.5. The fraction of sp³-hybridized carbons (Fsp3) is 0.154. The van der Waals surface area contributed by atoms with E-state index >= 15 is 0 Å². The van der Waals surface area contributed by atoms with Gasteiger partial charge in [-0.3, -0.25) is 4.79 Å². The van der Waals surface area contributed by atoms with Gasteiger partial charge >= 0.3 is 0 Å². The highest BCUT2D eigenvalue weighted by molar-refractivity contribution is 5.98. The van der Waals surface area contributed by atoms with Gasteiger partial charge in [-0.1, -0.05) is 24.3 Å². The first-order valence-electron chi connectivity index (χ1n) is 4.96. The minimum atomic E-state index is 0.634. The van der Waals surface area contributed by atoms with Crippen LogP contribution in [0, 0.1) is 0 Å². The molecule has 0 saturated carbocycles. The van der Waals surface area contributed by atoms with E-state index in [1.807, 2.05) is 43.3 Å². The van der Waals surface area contributed by atoms with Crippen molar-refractivity contribution < 1.29 is 9.53 Å². The van der Waals surface area contributed by atoms with Crippen molar-refractivity contribution >= 4 is 17.1 Å². The molecule has 0 atom stereocenters. The van der Waals surface area contributed by atoms with Crippen molar-refractivity contribution in [3.05, 3.63) is 42.0 Å². The second kappa shape index (κ2) is 4.13. The Morgan fingerprint density at radius 1 is 1.27 bits per heavy atom. The Labute approximate surface area is 88.5 Å². The summed E-state index contributed by atoms with van der Waals surface area (Å²) in [6.45, 7) is 2.57. The third-order valence-corrected chi connectivity index (χ3v) is 2.33. The number of carbonyl (C=O) groups is 1. The van der Waals surface area contributed by atoms with E-state index in [9.17, 15) is 4.79 Å². The zero-order chi connectivity index (χ0) is 10.7. The van der Waals surface area contributed by atoms with Crippen molar-refractivity contribution in [2.75, 3.05) is 6.61 Å². The van der Waals surface area contributed by atoms with Crippen LogP contribution < -0.4 is 4.74 Å². The molecule has 2 aromatic carbocycles. The fourth-order valence-electron chi connectivity index (χ4n) is 1.64. The van der Waals surface area contributed by atoms with Gasteiger partial charge in [0.15, 0.2) is 6.29 Å². The van der Waals surface area contributed by atoms with E-state index in [4.69, 9.17) is 4.74 Å². The van der Waals surface area contributed by atoms with Gasteiger partial charge in [0, 0.05) is 5.56 Å². The van der Waals surface area contributed by atoms with Gasteiger partial charge in [-0.05, 0) is 29.8 Å². The van der Waals surface area contributed by atoms with Gasteiger partial charge in [-0.2, -0.15) is 0 Å². The summed E-state index contributed by atoms with van der Waals surface area (Å²) in [5, 5.41) is 2.00. The smallest absolute Gasteiger partial charge is 0.150 e. The summed E-state index contributed by atoms with van der Waals surface area (Å²) in [5.74, 6) is 0.805. The van der Waals surface area contributed by atoms with Gasteiger partial charge in [0.25, 0.3) is 0 Å². The Bertz CT molecular complexity index is 489. The van der Waals surface area contributed by atoms with Crippen LogP contribution in [-0.2, 0) is 0 Å². The number of hydrogen-bond donors (Lipinski definition) is 0. The predicted molar refractivity (Wildman–Crippen MR) is 60.5 cm³/mol. The minimum Gasteiger partial charge on any atom is -0.494 e. The maximum absolute atomic E-state index is 10.8. The highest BCUT2D eigenvalue weighted by atomic mass is 16.5. The Balaban J connectivity index is 2.61. The summed E-state index contributed by atoms with van der Waals surface area (Å²) in [7, 11) is 0. The van der Waals surface area contributed by atoms with E-state index in [0.29, 0.717) is 12.2 Å². The van der Waals surface area contributed by atoms with Crippen molar-refractivity contribution in [2.45, 2.75) is 6.92 Å². The van der Waals surface area contributed by atoms with Gasteiger partial charge in [0.2, 0.25) is 0 Å². The van der Waals surface area contributed by atoms with E-state index < -0.39 is 0 Å². The maximum atomic E-state index is 10.8. The van der Waals surface area contributed by atoms with Crippen LogP contribution >= 0.6 is 0 Å². The van der Waals surface area contributed by atoms with E-state index in [1.165, 1.54) is 0 Å². The predicted octanol–water partition coefficient (Wildman–Crippen LogP) is 3.05. The lowest BCUT2D eigenvalue weighted by atomic mass is 10.1. The zero-order valence-electron chi connectivity index (χ0n) is 8.57. The highest BCUT2D eigenvalue weighted by Gasteiger charge is 2.01. The molecule has 0 aromatic heterocycles. The average molecular weight is 200 g/mol. The van der Waals surface area contributed by atoms with Crippen LogP contribution in [0.5, 0.6) is 5.75 Å². The van der Waals surface area contributed by atoms with E-state index in [-0.39, 0.29) is 0 Å². The van der Waals surface area contributed by atoms with Crippen molar-refractivity contribution in [1.29, 1.82) is 0 Å². The standard InChI is InChI=1S/C13H12O2/c1-2-15-12-7-6-10-4-3-5-11(9-14)13(10)8-12/h3-9H,2H2,1H3. The molecule has 2 aromatic rings. The molecule has 76 valence electrons. The molecule has 0 aliphatic carbocycles. The lowest BCUT2D eigenvalue weighted by molar-refractivity contribution is 0.112. The Morgan fingerprint density at radius 2 is 2.13 bits per heavy atom. The van der Waals surface area contributed by atoms with Crippen LogP contribution in [0.25, 0.3) is 10.8 Å². The lowest BCUT2D eigenvalue weighted by Crippen LogP contribution is -1.91. The Hall–Kier alpha value is -1.83. The molecule has 2 heteroatoms. The molecule has 15 heavy (non-hydrogen) atoms. The maximum Gasteiger partial charge on any atom is 0.150 e. The molecular formula is C13H12O2. The number of aldehydes is 1. The summed E-state index contributed by atoms with van der Waals surface area (Å²) in [6.07, 6.45) is 0.873. The second-order valence-corrected chi connectivity index (χ2v) is 3.28. The molecule has 0 fully saturated rings. The van der Waals surface area contributed by atoms with Crippen molar-refractivity contribution in [3.63, 3.8) is 0 Å². The lowest BCUT2D eigenvalue weighted by Gasteiger charge is -2.05. The molecular weight excluding hydrogens is 188 g/mol. The van der Waals surface area contributed by atoms with Crippen LogP contribution in [0.4, 0.5) is 0 Å².